The van der Waals surface area contributed by atoms with E-state index < -0.39 is 9.84 Å². The van der Waals surface area contributed by atoms with Crippen LogP contribution in [0.25, 0.3) is 0 Å². The molecule has 0 radical (unpaired) electrons. The molecule has 20 heavy (non-hydrogen) atoms. The molecule has 0 aliphatic rings. The van der Waals surface area contributed by atoms with Gasteiger partial charge < -0.3 is 10.5 Å². The fourth-order valence-corrected chi connectivity index (χ4v) is 3.57. The number of aromatic nitrogens is 1. The minimum absolute atomic E-state index is 0.0398. The molecule has 0 saturated heterocycles. The number of anilines is 1. The third-order valence-corrected chi connectivity index (χ3v) is 4.75. The molecule has 1 heterocycles. The van der Waals surface area contributed by atoms with Crippen molar-refractivity contribution < 1.29 is 13.2 Å². The summed E-state index contributed by atoms with van der Waals surface area (Å²) in [6, 6.07) is 9.25. The zero-order chi connectivity index (χ0) is 14.8. The summed E-state index contributed by atoms with van der Waals surface area (Å²) >= 11 is 5.93. The van der Waals surface area contributed by atoms with E-state index in [-0.39, 0.29) is 15.7 Å². The summed E-state index contributed by atoms with van der Waals surface area (Å²) in [5.74, 6) is 0.106. The first-order chi connectivity index (χ1) is 9.42. The highest BCUT2D eigenvalue weighted by Gasteiger charge is 2.19. The smallest absolute Gasteiger partial charge is 0.213 e. The van der Waals surface area contributed by atoms with Crippen LogP contribution in [0.5, 0.6) is 5.88 Å². The summed E-state index contributed by atoms with van der Waals surface area (Å²) < 4.78 is 29.6. The first-order valence-corrected chi connectivity index (χ1v) is 7.73. The Bertz CT molecular complexity index is 732. The predicted molar refractivity (Wildman–Crippen MR) is 77.5 cm³/mol. The molecule has 0 fully saturated rings. The highest BCUT2D eigenvalue weighted by atomic mass is 35.5. The molecule has 2 rings (SSSR count). The number of methoxy groups -OCH3 is 1. The van der Waals surface area contributed by atoms with E-state index in [0.717, 1.165) is 0 Å². The van der Waals surface area contributed by atoms with Gasteiger partial charge in [-0.1, -0.05) is 17.7 Å². The first kappa shape index (κ1) is 14.6. The Labute approximate surface area is 122 Å². The van der Waals surface area contributed by atoms with Crippen molar-refractivity contribution in [2.24, 2.45) is 0 Å². The first-order valence-electron chi connectivity index (χ1n) is 5.70. The summed E-state index contributed by atoms with van der Waals surface area (Å²) in [7, 11) is -2.12. The molecular weight excluding hydrogens is 300 g/mol. The largest absolute Gasteiger partial charge is 0.481 e. The van der Waals surface area contributed by atoms with Gasteiger partial charge in [-0.15, -0.1) is 0 Å². The molecule has 0 amide bonds. The van der Waals surface area contributed by atoms with Gasteiger partial charge in [-0.05, 0) is 24.3 Å². The molecule has 0 spiro atoms. The van der Waals surface area contributed by atoms with Gasteiger partial charge in [0.2, 0.25) is 5.88 Å². The fourth-order valence-electron chi connectivity index (χ4n) is 1.69. The van der Waals surface area contributed by atoms with Crippen LogP contribution >= 0.6 is 11.6 Å². The summed E-state index contributed by atoms with van der Waals surface area (Å²) in [5, 5.41) is 0.105. The number of nitrogen functional groups attached to an aromatic ring is 1. The van der Waals surface area contributed by atoms with Gasteiger partial charge in [0, 0.05) is 11.8 Å². The van der Waals surface area contributed by atoms with Gasteiger partial charge >= 0.3 is 0 Å². The average Bonchev–Trinajstić information content (AvgIpc) is 2.37. The average molecular weight is 313 g/mol. The second-order valence-electron chi connectivity index (χ2n) is 4.12. The van der Waals surface area contributed by atoms with Crippen molar-refractivity contribution in [2.75, 3.05) is 12.8 Å². The Morgan fingerprint density at radius 3 is 2.70 bits per heavy atom. The van der Waals surface area contributed by atoms with Crippen LogP contribution in [0.4, 0.5) is 5.69 Å². The lowest BCUT2D eigenvalue weighted by Gasteiger charge is -2.07. The van der Waals surface area contributed by atoms with Crippen LogP contribution in [-0.2, 0) is 15.6 Å². The van der Waals surface area contributed by atoms with Crippen LogP contribution in [0.1, 0.15) is 5.69 Å². The lowest BCUT2D eigenvalue weighted by Crippen LogP contribution is -2.07. The van der Waals surface area contributed by atoms with Crippen LogP contribution in [0.2, 0.25) is 5.02 Å². The quantitative estimate of drug-likeness (QED) is 0.876. The maximum atomic E-state index is 12.3. The second kappa shape index (κ2) is 5.68. The molecule has 0 aliphatic carbocycles. The number of sulfone groups is 1. The van der Waals surface area contributed by atoms with E-state index in [0.29, 0.717) is 17.3 Å². The summed E-state index contributed by atoms with van der Waals surface area (Å²) in [4.78, 5) is 4.12. The molecule has 106 valence electrons. The number of hydrogen-bond donors (Lipinski definition) is 1. The zero-order valence-corrected chi connectivity index (χ0v) is 12.3. The number of nitrogens with two attached hydrogens (primary N) is 1. The van der Waals surface area contributed by atoms with Gasteiger partial charge in [-0.2, -0.15) is 0 Å². The maximum Gasteiger partial charge on any atom is 0.213 e. The predicted octanol–water partition coefficient (Wildman–Crippen LogP) is 2.30. The van der Waals surface area contributed by atoms with Crippen molar-refractivity contribution >= 4 is 27.1 Å². The van der Waals surface area contributed by atoms with Crippen LogP contribution in [0.15, 0.2) is 41.3 Å². The van der Waals surface area contributed by atoms with Gasteiger partial charge in [0.25, 0.3) is 0 Å². The van der Waals surface area contributed by atoms with Crippen LogP contribution in [0.3, 0.4) is 0 Å². The number of rotatable bonds is 4. The molecule has 0 aliphatic heterocycles. The van der Waals surface area contributed by atoms with Gasteiger partial charge in [0.1, 0.15) is 0 Å². The highest BCUT2D eigenvalue weighted by molar-refractivity contribution is 7.90. The Balaban J connectivity index is 2.35. The molecule has 0 saturated carbocycles. The van der Waals surface area contributed by atoms with Crippen LogP contribution in [0, 0.1) is 0 Å². The minimum atomic E-state index is -3.59. The zero-order valence-electron chi connectivity index (χ0n) is 10.7. The van der Waals surface area contributed by atoms with E-state index >= 15 is 0 Å². The Morgan fingerprint density at radius 1 is 1.30 bits per heavy atom. The van der Waals surface area contributed by atoms with Crippen molar-refractivity contribution in [3.63, 3.8) is 0 Å². The molecule has 5 nitrogen and oxygen atoms in total. The van der Waals surface area contributed by atoms with Gasteiger partial charge in [0.15, 0.2) is 9.84 Å². The van der Waals surface area contributed by atoms with Crippen LogP contribution in [-0.4, -0.2) is 20.5 Å². The third kappa shape index (κ3) is 3.20. The van der Waals surface area contributed by atoms with Crippen molar-refractivity contribution in [1.29, 1.82) is 0 Å². The number of halogens is 1. The Morgan fingerprint density at radius 2 is 2.05 bits per heavy atom. The van der Waals surface area contributed by atoms with Gasteiger partial charge in [-0.25, -0.2) is 13.4 Å². The number of nitrogens with zero attached hydrogens (tertiary/aromatic N) is 1. The van der Waals surface area contributed by atoms with Crippen LogP contribution < -0.4 is 10.5 Å². The molecule has 7 heteroatoms. The fraction of sp³-hybridized carbons (Fsp3) is 0.154. The van der Waals surface area contributed by atoms with Crippen molar-refractivity contribution in [3.05, 3.63) is 47.1 Å². The molecule has 0 atom stereocenters. The van der Waals surface area contributed by atoms with E-state index in [1.54, 1.807) is 18.2 Å². The van der Waals surface area contributed by atoms with E-state index in [2.05, 4.69) is 4.98 Å². The van der Waals surface area contributed by atoms with E-state index in [4.69, 9.17) is 22.1 Å². The maximum absolute atomic E-state index is 12.3. The molecular formula is C13H13ClN2O3S. The van der Waals surface area contributed by atoms with E-state index in [9.17, 15) is 8.42 Å². The lowest BCUT2D eigenvalue weighted by molar-refractivity contribution is 0.396. The molecule has 0 bridgehead atoms. The number of benzene rings is 1. The van der Waals surface area contributed by atoms with Crippen molar-refractivity contribution in [3.8, 4) is 5.88 Å². The number of pyridine rings is 1. The van der Waals surface area contributed by atoms with Gasteiger partial charge in [-0.3, -0.25) is 0 Å². The topological polar surface area (TPSA) is 82.3 Å². The standard InChI is InChI=1S/C13H13ClN2O3S/c1-19-13-4-2-3-10(16-13)8-20(17,18)12-6-5-9(15)7-11(12)14/h2-7H,8,15H2,1H3. The Kier molecular flexibility index (Phi) is 4.15. The Hall–Kier alpha value is -1.79. The highest BCUT2D eigenvalue weighted by Crippen LogP contribution is 2.26. The SMILES string of the molecule is COc1cccc(CS(=O)(=O)c2ccc(N)cc2Cl)n1. The normalized spacial score (nSPS) is 11.3. The summed E-state index contributed by atoms with van der Waals surface area (Å²) in [5.41, 5.74) is 6.35. The van der Waals surface area contributed by atoms with Crippen molar-refractivity contribution in [1.82, 2.24) is 4.98 Å². The van der Waals surface area contributed by atoms with E-state index in [1.807, 2.05) is 0 Å². The number of ether oxygens (including phenoxy) is 1. The summed E-state index contributed by atoms with van der Waals surface area (Å²) in [6.45, 7) is 0. The third-order valence-electron chi connectivity index (χ3n) is 2.62. The molecule has 2 N–H and O–H groups in total. The molecule has 1 aromatic heterocycles. The van der Waals surface area contributed by atoms with Crippen molar-refractivity contribution in [2.45, 2.75) is 10.6 Å². The lowest BCUT2D eigenvalue weighted by atomic mass is 10.3. The van der Waals surface area contributed by atoms with Gasteiger partial charge in [0.05, 0.1) is 28.5 Å². The molecule has 1 aromatic carbocycles. The number of hydrogen-bond acceptors (Lipinski definition) is 5. The molecule has 2 aromatic rings. The molecule has 0 unspecified atom stereocenters. The monoisotopic (exact) mass is 312 g/mol. The summed E-state index contributed by atoms with van der Waals surface area (Å²) in [6.07, 6.45) is 0. The second-order valence-corrected chi connectivity index (χ2v) is 6.49. The van der Waals surface area contributed by atoms with E-state index in [1.165, 1.54) is 25.3 Å². The minimum Gasteiger partial charge on any atom is -0.481 e.